The molecule has 0 heterocycles. The van der Waals surface area contributed by atoms with E-state index in [0.717, 1.165) is 10.2 Å². The van der Waals surface area contributed by atoms with E-state index in [1.165, 1.54) is 19.4 Å². The molecule has 0 atom stereocenters. The lowest BCUT2D eigenvalue weighted by molar-refractivity contribution is -0.112. The summed E-state index contributed by atoms with van der Waals surface area (Å²) in [6, 6.07) is 7.33. The van der Waals surface area contributed by atoms with Gasteiger partial charge in [0.15, 0.2) is 0 Å². The maximum Gasteiger partial charge on any atom is 0.251 e. The van der Waals surface area contributed by atoms with Crippen molar-refractivity contribution in [1.82, 2.24) is 0 Å². The fraction of sp³-hybridized carbons (Fsp3) is 0.100. The van der Waals surface area contributed by atoms with E-state index in [2.05, 4.69) is 26.0 Å². The van der Waals surface area contributed by atoms with Gasteiger partial charge < -0.3 is 10.1 Å². The number of anilines is 1. The molecule has 0 aliphatic heterocycles. The molecule has 0 fully saturated rings. The minimum Gasteiger partial charge on any atom is -0.504 e. The molecule has 4 heteroatoms. The van der Waals surface area contributed by atoms with Crippen molar-refractivity contribution in [1.29, 1.82) is 0 Å². The minimum absolute atomic E-state index is 0.214. The van der Waals surface area contributed by atoms with Crippen LogP contribution in [0.2, 0.25) is 0 Å². The number of rotatable bonds is 3. The normalized spacial score (nSPS) is 10.1. The average molecular weight is 256 g/mol. The number of hydrogen-bond acceptors (Lipinski definition) is 2. The second-order valence-electron chi connectivity index (χ2n) is 2.53. The molecule has 0 saturated carbocycles. The van der Waals surface area contributed by atoms with Crippen LogP contribution in [0.3, 0.4) is 0 Å². The fourth-order valence-corrected chi connectivity index (χ4v) is 1.11. The third-order valence-electron chi connectivity index (χ3n) is 1.47. The summed E-state index contributed by atoms with van der Waals surface area (Å²) in [7, 11) is 1.49. The Hall–Kier alpha value is -1.29. The molecule has 1 aromatic rings. The zero-order valence-electron chi connectivity index (χ0n) is 7.66. The summed E-state index contributed by atoms with van der Waals surface area (Å²) in [6.07, 6.45) is 2.65. The van der Waals surface area contributed by atoms with Crippen molar-refractivity contribution in [2.45, 2.75) is 0 Å². The van der Waals surface area contributed by atoms with Crippen LogP contribution in [0.15, 0.2) is 41.1 Å². The maximum absolute atomic E-state index is 11.2. The summed E-state index contributed by atoms with van der Waals surface area (Å²) in [5.41, 5.74) is 0.749. The molecule has 0 radical (unpaired) electrons. The Bertz CT molecular complexity index is 332. The quantitative estimate of drug-likeness (QED) is 0.666. The summed E-state index contributed by atoms with van der Waals surface area (Å²) in [5, 5.41) is 2.68. The Morgan fingerprint density at radius 1 is 1.43 bits per heavy atom. The lowest BCUT2D eigenvalue weighted by atomic mass is 10.3. The molecule has 0 spiro atoms. The molecule has 1 amide bonds. The van der Waals surface area contributed by atoms with Crippen LogP contribution in [0.25, 0.3) is 0 Å². The predicted molar refractivity (Wildman–Crippen MR) is 58.9 cm³/mol. The number of methoxy groups -OCH3 is 1. The maximum atomic E-state index is 11.2. The molecule has 3 nitrogen and oxygen atoms in total. The first-order valence-corrected chi connectivity index (χ1v) is 4.77. The highest BCUT2D eigenvalue weighted by atomic mass is 79.9. The van der Waals surface area contributed by atoms with Gasteiger partial charge in [-0.05, 0) is 24.3 Å². The van der Waals surface area contributed by atoms with Crippen molar-refractivity contribution in [3.63, 3.8) is 0 Å². The van der Waals surface area contributed by atoms with Gasteiger partial charge in [-0.15, -0.1) is 0 Å². The van der Waals surface area contributed by atoms with Crippen LogP contribution in [0.4, 0.5) is 5.69 Å². The second kappa shape index (κ2) is 5.44. The van der Waals surface area contributed by atoms with Gasteiger partial charge in [-0.3, -0.25) is 4.79 Å². The average Bonchev–Trinajstić information content (AvgIpc) is 2.18. The lowest BCUT2D eigenvalue weighted by Gasteiger charge is -2.01. The number of ether oxygens (including phenoxy) is 1. The monoisotopic (exact) mass is 255 g/mol. The molecule has 1 rings (SSSR count). The Morgan fingerprint density at radius 3 is 2.64 bits per heavy atom. The third-order valence-corrected chi connectivity index (χ3v) is 2.00. The number of carbonyl (C=O) groups is 1. The number of benzene rings is 1. The molecule has 1 aromatic carbocycles. The van der Waals surface area contributed by atoms with E-state index in [4.69, 9.17) is 0 Å². The van der Waals surface area contributed by atoms with Crippen molar-refractivity contribution in [3.8, 4) is 0 Å². The van der Waals surface area contributed by atoms with Gasteiger partial charge >= 0.3 is 0 Å². The van der Waals surface area contributed by atoms with Crippen LogP contribution >= 0.6 is 15.9 Å². The molecule has 0 aliphatic rings. The molecule has 74 valence electrons. The molecule has 0 aliphatic carbocycles. The Morgan fingerprint density at radius 2 is 2.07 bits per heavy atom. The van der Waals surface area contributed by atoms with Crippen molar-refractivity contribution in [2.24, 2.45) is 0 Å². The second-order valence-corrected chi connectivity index (χ2v) is 3.45. The highest BCUT2D eigenvalue weighted by molar-refractivity contribution is 9.10. The van der Waals surface area contributed by atoms with Crippen LogP contribution < -0.4 is 5.32 Å². The van der Waals surface area contributed by atoms with E-state index in [1.807, 2.05) is 24.3 Å². The standard InChI is InChI=1S/C10H10BrNO2/c1-14-7-6-10(13)12-9-4-2-8(11)3-5-9/h2-7H,1H3,(H,12,13). The summed E-state index contributed by atoms with van der Waals surface area (Å²) >= 11 is 3.31. The molecule has 0 aromatic heterocycles. The summed E-state index contributed by atoms with van der Waals surface area (Å²) < 4.78 is 5.60. The molecule has 0 unspecified atom stereocenters. The van der Waals surface area contributed by atoms with Crippen LogP contribution in [0, 0.1) is 0 Å². The predicted octanol–water partition coefficient (Wildman–Crippen LogP) is 2.55. The molecule has 14 heavy (non-hydrogen) atoms. The lowest BCUT2D eigenvalue weighted by Crippen LogP contribution is -2.07. The van der Waals surface area contributed by atoms with Gasteiger partial charge in [-0.2, -0.15) is 0 Å². The van der Waals surface area contributed by atoms with E-state index < -0.39 is 0 Å². The Balaban J connectivity index is 2.56. The van der Waals surface area contributed by atoms with Crippen LogP contribution in [-0.4, -0.2) is 13.0 Å². The van der Waals surface area contributed by atoms with E-state index in [1.54, 1.807) is 0 Å². The largest absolute Gasteiger partial charge is 0.504 e. The molecular weight excluding hydrogens is 246 g/mol. The Labute approximate surface area is 90.9 Å². The van der Waals surface area contributed by atoms with Gasteiger partial charge in [0.05, 0.1) is 13.4 Å². The molecule has 0 bridgehead atoms. The number of amides is 1. The third kappa shape index (κ3) is 3.62. The molecular formula is C10H10BrNO2. The van der Waals surface area contributed by atoms with Gasteiger partial charge in [0.1, 0.15) is 0 Å². The first kappa shape index (κ1) is 10.8. The number of hydrogen-bond donors (Lipinski definition) is 1. The van der Waals surface area contributed by atoms with E-state index >= 15 is 0 Å². The fourth-order valence-electron chi connectivity index (χ4n) is 0.847. The van der Waals surface area contributed by atoms with Crippen LogP contribution in [0.1, 0.15) is 0 Å². The SMILES string of the molecule is COC=CC(=O)Nc1ccc(Br)cc1. The number of halogens is 1. The smallest absolute Gasteiger partial charge is 0.251 e. The van der Waals surface area contributed by atoms with Gasteiger partial charge in [0.2, 0.25) is 0 Å². The van der Waals surface area contributed by atoms with E-state index in [9.17, 15) is 4.79 Å². The highest BCUT2D eigenvalue weighted by Gasteiger charge is 1.96. The van der Waals surface area contributed by atoms with Crippen LogP contribution in [-0.2, 0) is 9.53 Å². The van der Waals surface area contributed by atoms with E-state index in [0.29, 0.717) is 0 Å². The number of carbonyl (C=O) groups excluding carboxylic acids is 1. The zero-order chi connectivity index (χ0) is 10.4. The molecule has 0 saturated heterocycles. The van der Waals surface area contributed by atoms with E-state index in [-0.39, 0.29) is 5.91 Å². The topological polar surface area (TPSA) is 38.3 Å². The van der Waals surface area contributed by atoms with Gasteiger partial charge in [-0.1, -0.05) is 15.9 Å². The first-order valence-electron chi connectivity index (χ1n) is 3.98. The van der Waals surface area contributed by atoms with Gasteiger partial charge in [0, 0.05) is 16.2 Å². The first-order chi connectivity index (χ1) is 6.72. The highest BCUT2D eigenvalue weighted by Crippen LogP contribution is 2.13. The summed E-state index contributed by atoms with van der Waals surface area (Å²) in [4.78, 5) is 11.2. The summed E-state index contributed by atoms with van der Waals surface area (Å²) in [6.45, 7) is 0. The Kier molecular flexibility index (Phi) is 4.19. The zero-order valence-corrected chi connectivity index (χ0v) is 9.24. The molecule has 1 N–H and O–H groups in total. The van der Waals surface area contributed by atoms with Crippen LogP contribution in [0.5, 0.6) is 0 Å². The van der Waals surface area contributed by atoms with Gasteiger partial charge in [-0.25, -0.2) is 0 Å². The summed E-state index contributed by atoms with van der Waals surface area (Å²) in [5.74, 6) is -0.214. The van der Waals surface area contributed by atoms with Crippen molar-refractivity contribution in [2.75, 3.05) is 12.4 Å². The van der Waals surface area contributed by atoms with Crippen molar-refractivity contribution in [3.05, 3.63) is 41.1 Å². The number of nitrogens with one attached hydrogen (secondary N) is 1. The van der Waals surface area contributed by atoms with Gasteiger partial charge in [0.25, 0.3) is 5.91 Å². The van der Waals surface area contributed by atoms with Crippen molar-refractivity contribution < 1.29 is 9.53 Å². The van der Waals surface area contributed by atoms with Crippen molar-refractivity contribution >= 4 is 27.5 Å². The minimum atomic E-state index is -0.214.